The number of hydrogen-bond acceptors (Lipinski definition) is 1. The van der Waals surface area contributed by atoms with Gasteiger partial charge in [0, 0.05) is 28.9 Å². The van der Waals surface area contributed by atoms with Crippen LogP contribution in [0.25, 0.3) is 0 Å². The molecule has 90 valence electrons. The Morgan fingerprint density at radius 2 is 1.47 bits per heavy atom. The molecule has 0 aliphatic rings. The summed E-state index contributed by atoms with van der Waals surface area (Å²) in [6, 6.07) is 1.41. The highest BCUT2D eigenvalue weighted by Crippen LogP contribution is 2.14. The molecule has 0 spiro atoms. The first-order valence-corrected chi connectivity index (χ1v) is 7.32. The molecule has 0 heterocycles. The third-order valence-electron chi connectivity index (χ3n) is 3.59. The molecule has 0 bridgehead atoms. The van der Waals surface area contributed by atoms with E-state index in [0.717, 1.165) is 0 Å². The zero-order valence-electron chi connectivity index (χ0n) is 11.7. The normalized spacial score (nSPS) is 17.8. The summed E-state index contributed by atoms with van der Waals surface area (Å²) in [6.45, 7) is 15.0. The van der Waals surface area contributed by atoms with Gasteiger partial charge in [0.05, 0.1) is 0 Å². The molecule has 0 radical (unpaired) electrons. The van der Waals surface area contributed by atoms with E-state index < -0.39 is 0 Å². The summed E-state index contributed by atoms with van der Waals surface area (Å²) < 4.78 is 0. The van der Waals surface area contributed by atoms with Gasteiger partial charge in [0.15, 0.2) is 0 Å². The van der Waals surface area contributed by atoms with Crippen LogP contribution in [0, 0.1) is 0 Å². The molecule has 0 rings (SSSR count). The number of nitrogens with zero attached hydrogens (tertiary/aromatic N) is 1. The fourth-order valence-corrected chi connectivity index (χ4v) is 1.81. The average molecular weight is 227 g/mol. The molecule has 15 heavy (non-hydrogen) atoms. The van der Waals surface area contributed by atoms with E-state index in [-0.39, 0.29) is 0 Å². The fourth-order valence-electron chi connectivity index (χ4n) is 1.65. The number of hydrogen-bond donors (Lipinski definition) is 0. The molecule has 0 fully saturated rings. The minimum absolute atomic E-state index is 0.705. The molecule has 1 nitrogen and oxygen atoms in total. The van der Waals surface area contributed by atoms with Crippen molar-refractivity contribution >= 4 is 10.2 Å². The van der Waals surface area contributed by atoms with Gasteiger partial charge in [-0.05, 0) is 40.5 Å². The molecular weight excluding hydrogens is 198 g/mol. The van der Waals surface area contributed by atoms with Gasteiger partial charge in [0.1, 0.15) is 0 Å². The monoisotopic (exact) mass is 227 g/mol. The highest BCUT2D eigenvalue weighted by Gasteiger charge is 2.17. The van der Waals surface area contributed by atoms with E-state index in [1.807, 2.05) is 0 Å². The van der Waals surface area contributed by atoms with Crippen molar-refractivity contribution in [2.75, 3.05) is 6.54 Å². The minimum atomic E-state index is 0.705. The maximum Gasteiger partial charge on any atom is 0.0329 e. The van der Waals surface area contributed by atoms with E-state index in [0.29, 0.717) is 12.1 Å². The molecular formula is C13H29NSi. The maximum atomic E-state index is 2.65. The van der Waals surface area contributed by atoms with Crippen LogP contribution < -0.4 is 0 Å². The SMILES string of the molecule is CCC(C)N(CC(C)=C(C)[SiH3])C(C)CC. The first kappa shape index (κ1) is 14.9. The topological polar surface area (TPSA) is 3.24 Å². The lowest BCUT2D eigenvalue weighted by Gasteiger charge is -2.34. The van der Waals surface area contributed by atoms with Crippen LogP contribution >= 0.6 is 0 Å². The summed E-state index contributed by atoms with van der Waals surface area (Å²) in [6.07, 6.45) is 2.50. The molecule has 0 N–H and O–H groups in total. The second kappa shape index (κ2) is 7.23. The molecule has 0 aromatic rings. The Balaban J connectivity index is 4.58. The molecule has 2 heteroatoms. The first-order chi connectivity index (χ1) is 6.93. The van der Waals surface area contributed by atoms with Gasteiger partial charge < -0.3 is 0 Å². The standard InChI is InChI=1S/C13H29NSi/c1-7-11(4)14(12(5)8-2)9-10(3)13(6)15/h11-12H,7-9H2,1-6,15H3. The lowest BCUT2D eigenvalue weighted by molar-refractivity contribution is 0.160. The second-order valence-electron chi connectivity index (χ2n) is 4.97. The van der Waals surface area contributed by atoms with Crippen LogP contribution in [0.4, 0.5) is 0 Å². The van der Waals surface area contributed by atoms with Crippen LogP contribution in [0.5, 0.6) is 0 Å². The Bertz CT molecular complexity index is 197. The van der Waals surface area contributed by atoms with Crippen LogP contribution in [0.15, 0.2) is 10.8 Å². The molecule has 0 aliphatic heterocycles. The van der Waals surface area contributed by atoms with Crippen LogP contribution in [-0.2, 0) is 0 Å². The zero-order valence-corrected chi connectivity index (χ0v) is 13.7. The molecule has 0 amide bonds. The molecule has 0 aromatic carbocycles. The van der Waals surface area contributed by atoms with Crippen molar-refractivity contribution in [2.24, 2.45) is 0 Å². The summed E-state index contributed by atoms with van der Waals surface area (Å²) >= 11 is 0. The Kier molecular flexibility index (Phi) is 7.19. The van der Waals surface area contributed by atoms with E-state index in [2.05, 4.69) is 46.4 Å². The van der Waals surface area contributed by atoms with Crippen LogP contribution in [0.2, 0.25) is 0 Å². The van der Waals surface area contributed by atoms with E-state index in [9.17, 15) is 0 Å². The second-order valence-corrected chi connectivity index (χ2v) is 6.47. The Labute approximate surface area is 99.4 Å². The molecule has 2 atom stereocenters. The maximum absolute atomic E-state index is 2.65. The van der Waals surface area contributed by atoms with Gasteiger partial charge in [-0.15, -0.1) is 0 Å². The van der Waals surface area contributed by atoms with Crippen molar-refractivity contribution in [3.63, 3.8) is 0 Å². The highest BCUT2D eigenvalue weighted by molar-refractivity contribution is 6.21. The Morgan fingerprint density at radius 3 is 1.73 bits per heavy atom. The summed E-state index contributed by atoms with van der Waals surface area (Å²) in [5.74, 6) is 0. The largest absolute Gasteiger partial charge is 0.294 e. The van der Waals surface area contributed by atoms with Gasteiger partial charge in [-0.2, -0.15) is 0 Å². The molecule has 0 aliphatic carbocycles. The predicted octanol–water partition coefficient (Wildman–Crippen LogP) is 2.54. The van der Waals surface area contributed by atoms with Crippen molar-refractivity contribution in [2.45, 2.75) is 66.5 Å². The Morgan fingerprint density at radius 1 is 1.07 bits per heavy atom. The molecule has 0 saturated carbocycles. The average Bonchev–Trinajstić information content (AvgIpc) is 2.23. The van der Waals surface area contributed by atoms with Crippen LogP contribution in [0.3, 0.4) is 0 Å². The predicted molar refractivity (Wildman–Crippen MR) is 74.5 cm³/mol. The van der Waals surface area contributed by atoms with E-state index in [4.69, 9.17) is 0 Å². The lowest BCUT2D eigenvalue weighted by atomic mass is 10.1. The van der Waals surface area contributed by atoms with Crippen molar-refractivity contribution in [1.82, 2.24) is 4.90 Å². The van der Waals surface area contributed by atoms with Gasteiger partial charge in [0.25, 0.3) is 0 Å². The Hall–Kier alpha value is -0.0831. The lowest BCUT2D eigenvalue weighted by Crippen LogP contribution is -2.40. The van der Waals surface area contributed by atoms with Crippen molar-refractivity contribution < 1.29 is 0 Å². The van der Waals surface area contributed by atoms with Gasteiger partial charge >= 0.3 is 0 Å². The summed E-state index contributed by atoms with van der Waals surface area (Å²) in [4.78, 5) is 2.65. The fraction of sp³-hybridized carbons (Fsp3) is 0.846. The number of rotatable bonds is 6. The van der Waals surface area contributed by atoms with Crippen LogP contribution in [0.1, 0.15) is 54.4 Å². The number of allylic oxidation sites excluding steroid dienone is 1. The quantitative estimate of drug-likeness (QED) is 0.630. The van der Waals surface area contributed by atoms with Crippen LogP contribution in [-0.4, -0.2) is 33.8 Å². The van der Waals surface area contributed by atoms with E-state index >= 15 is 0 Å². The molecule has 2 unspecified atom stereocenters. The summed E-state index contributed by atoms with van der Waals surface area (Å²) in [5, 5.41) is 1.60. The smallest absolute Gasteiger partial charge is 0.0329 e. The van der Waals surface area contributed by atoms with Gasteiger partial charge in [-0.25, -0.2) is 0 Å². The third-order valence-corrected chi connectivity index (χ3v) is 4.44. The minimum Gasteiger partial charge on any atom is -0.294 e. The molecule has 0 saturated heterocycles. The van der Waals surface area contributed by atoms with Crippen molar-refractivity contribution in [3.05, 3.63) is 10.8 Å². The first-order valence-electron chi connectivity index (χ1n) is 6.32. The van der Waals surface area contributed by atoms with Gasteiger partial charge in [-0.1, -0.05) is 24.6 Å². The van der Waals surface area contributed by atoms with Crippen molar-refractivity contribution in [1.29, 1.82) is 0 Å². The summed E-state index contributed by atoms with van der Waals surface area (Å²) in [7, 11) is 1.21. The van der Waals surface area contributed by atoms with Gasteiger partial charge in [0.2, 0.25) is 0 Å². The van der Waals surface area contributed by atoms with Crippen molar-refractivity contribution in [3.8, 4) is 0 Å². The zero-order chi connectivity index (χ0) is 12.0. The summed E-state index contributed by atoms with van der Waals surface area (Å²) in [5.41, 5.74) is 1.59. The highest BCUT2D eigenvalue weighted by atomic mass is 28.1. The third kappa shape index (κ3) is 4.98. The van der Waals surface area contributed by atoms with E-state index in [1.165, 1.54) is 29.6 Å². The van der Waals surface area contributed by atoms with Gasteiger partial charge in [-0.3, -0.25) is 4.90 Å². The van der Waals surface area contributed by atoms with E-state index in [1.54, 1.807) is 10.8 Å². The molecule has 0 aromatic heterocycles.